The molecule has 4 fully saturated rings. The summed E-state index contributed by atoms with van der Waals surface area (Å²) in [5, 5.41) is 24.1. The van der Waals surface area contributed by atoms with Gasteiger partial charge in [-0.1, -0.05) is 20.8 Å². The molecule has 0 radical (unpaired) electrons. The molecule has 0 aromatic rings. The predicted octanol–water partition coefficient (Wildman–Crippen LogP) is 4.03. The van der Waals surface area contributed by atoms with Gasteiger partial charge in [0.25, 0.3) is 0 Å². The third kappa shape index (κ3) is 4.08. The van der Waals surface area contributed by atoms with E-state index in [1.54, 1.807) is 0 Å². The Morgan fingerprint density at radius 2 is 1.77 bits per heavy atom. The lowest BCUT2D eigenvalue weighted by Crippen LogP contribution is -2.59. The van der Waals surface area contributed by atoms with Gasteiger partial charge in [0.2, 0.25) is 0 Å². The standard InChI is InChI=1S/C26H46N2O3/c1-16(4-7-24(30)31)19-5-6-20-18-15-23(29)22-14-17(28-13-12-27)8-10-26(22,3)21(18)9-11-25(19,20)2/h16-23,28-29H,4-15,27H2,1-3H3,(H,30,31). The largest absolute Gasteiger partial charge is 0.481 e. The molecule has 0 aromatic carbocycles. The first-order chi connectivity index (χ1) is 14.7. The van der Waals surface area contributed by atoms with E-state index in [2.05, 4.69) is 26.1 Å². The summed E-state index contributed by atoms with van der Waals surface area (Å²) in [5.41, 5.74) is 6.29. The van der Waals surface area contributed by atoms with Gasteiger partial charge in [-0.2, -0.15) is 0 Å². The van der Waals surface area contributed by atoms with E-state index in [0.29, 0.717) is 54.0 Å². The summed E-state index contributed by atoms with van der Waals surface area (Å²) < 4.78 is 0. The summed E-state index contributed by atoms with van der Waals surface area (Å²) in [5.74, 6) is 2.93. The number of hydrogen-bond donors (Lipinski definition) is 4. The van der Waals surface area contributed by atoms with Crippen LogP contribution in [-0.4, -0.2) is 41.4 Å². The zero-order chi connectivity index (χ0) is 22.4. The molecule has 0 aromatic heterocycles. The van der Waals surface area contributed by atoms with Crippen molar-refractivity contribution in [2.24, 2.45) is 52.1 Å². The topological polar surface area (TPSA) is 95.6 Å². The molecule has 5 nitrogen and oxygen atoms in total. The first kappa shape index (κ1) is 23.5. The van der Waals surface area contributed by atoms with Crippen LogP contribution < -0.4 is 11.1 Å². The van der Waals surface area contributed by atoms with Gasteiger partial charge in [-0.15, -0.1) is 0 Å². The van der Waals surface area contributed by atoms with Gasteiger partial charge in [0.1, 0.15) is 0 Å². The highest BCUT2D eigenvalue weighted by Crippen LogP contribution is 2.68. The van der Waals surface area contributed by atoms with Gasteiger partial charge < -0.3 is 21.3 Å². The van der Waals surface area contributed by atoms with Crippen molar-refractivity contribution in [3.63, 3.8) is 0 Å². The molecule has 10 atom stereocenters. The molecular formula is C26H46N2O3. The van der Waals surface area contributed by atoms with Crippen LogP contribution in [0.5, 0.6) is 0 Å². The fraction of sp³-hybridized carbons (Fsp3) is 0.962. The van der Waals surface area contributed by atoms with E-state index in [1.165, 1.54) is 38.5 Å². The fourth-order valence-electron chi connectivity index (χ4n) is 9.30. The predicted molar refractivity (Wildman–Crippen MR) is 123 cm³/mol. The van der Waals surface area contributed by atoms with Crippen LogP contribution >= 0.6 is 0 Å². The van der Waals surface area contributed by atoms with E-state index in [0.717, 1.165) is 31.7 Å². The molecule has 0 amide bonds. The summed E-state index contributed by atoms with van der Waals surface area (Å²) in [7, 11) is 0. The monoisotopic (exact) mass is 434 g/mol. The van der Waals surface area contributed by atoms with Crippen molar-refractivity contribution in [3.05, 3.63) is 0 Å². The van der Waals surface area contributed by atoms with Gasteiger partial charge in [0.05, 0.1) is 6.10 Å². The zero-order valence-corrected chi connectivity index (χ0v) is 20.0. The Hall–Kier alpha value is -0.650. The number of nitrogens with two attached hydrogens (primary N) is 1. The van der Waals surface area contributed by atoms with Crippen molar-refractivity contribution in [2.45, 2.75) is 97.1 Å². The molecule has 178 valence electrons. The average molecular weight is 435 g/mol. The first-order valence-corrected chi connectivity index (χ1v) is 13.0. The second-order valence-electron chi connectivity index (χ2n) is 12.1. The van der Waals surface area contributed by atoms with Crippen LogP contribution in [0.3, 0.4) is 0 Å². The Morgan fingerprint density at radius 1 is 1.06 bits per heavy atom. The van der Waals surface area contributed by atoms with Crippen molar-refractivity contribution >= 4 is 5.97 Å². The summed E-state index contributed by atoms with van der Waals surface area (Å²) in [4.78, 5) is 11.1. The normalized spacial score (nSPS) is 47.8. The molecule has 0 aliphatic heterocycles. The number of carboxylic acid groups (broad SMARTS) is 1. The van der Waals surface area contributed by atoms with E-state index in [1.807, 2.05) is 0 Å². The van der Waals surface area contributed by atoms with Crippen molar-refractivity contribution in [1.29, 1.82) is 0 Å². The third-order valence-electron chi connectivity index (χ3n) is 10.8. The smallest absolute Gasteiger partial charge is 0.303 e. The Bertz CT molecular complexity index is 657. The minimum absolute atomic E-state index is 0.181. The summed E-state index contributed by atoms with van der Waals surface area (Å²) >= 11 is 0. The highest BCUT2D eigenvalue weighted by atomic mass is 16.4. The highest BCUT2D eigenvalue weighted by Gasteiger charge is 2.62. The molecule has 4 aliphatic rings. The summed E-state index contributed by atoms with van der Waals surface area (Å²) in [6.07, 6.45) is 10.5. The van der Waals surface area contributed by atoms with Crippen molar-refractivity contribution in [3.8, 4) is 0 Å². The van der Waals surface area contributed by atoms with E-state index >= 15 is 0 Å². The average Bonchev–Trinajstić information content (AvgIpc) is 3.08. The number of aliphatic carboxylic acids is 1. The lowest BCUT2D eigenvalue weighted by Gasteiger charge is -2.62. The number of nitrogens with one attached hydrogen (secondary N) is 1. The van der Waals surface area contributed by atoms with Crippen molar-refractivity contribution < 1.29 is 15.0 Å². The number of aliphatic hydroxyl groups is 1. The maximum atomic E-state index is 11.4. The van der Waals surface area contributed by atoms with Crippen molar-refractivity contribution in [1.82, 2.24) is 5.32 Å². The summed E-state index contributed by atoms with van der Waals surface area (Å²) in [6.45, 7) is 8.85. The zero-order valence-electron chi connectivity index (χ0n) is 20.0. The Labute approximate surface area is 188 Å². The number of aliphatic hydroxyl groups excluding tert-OH is 1. The van der Waals surface area contributed by atoms with E-state index in [-0.39, 0.29) is 11.5 Å². The van der Waals surface area contributed by atoms with Crippen LogP contribution in [0.4, 0.5) is 0 Å². The minimum Gasteiger partial charge on any atom is -0.481 e. The quantitative estimate of drug-likeness (QED) is 0.485. The van der Waals surface area contributed by atoms with Gasteiger partial charge in [-0.3, -0.25) is 4.79 Å². The molecule has 0 spiro atoms. The van der Waals surface area contributed by atoms with Crippen LogP contribution in [0.2, 0.25) is 0 Å². The second-order valence-corrected chi connectivity index (χ2v) is 12.1. The van der Waals surface area contributed by atoms with Gasteiger partial charge in [0, 0.05) is 25.6 Å². The molecule has 10 unspecified atom stereocenters. The summed E-state index contributed by atoms with van der Waals surface area (Å²) in [6, 6.07) is 0.507. The number of fused-ring (bicyclic) bond motifs is 5. The van der Waals surface area contributed by atoms with Gasteiger partial charge in [0.15, 0.2) is 0 Å². The molecule has 4 rings (SSSR count). The molecule has 5 N–H and O–H groups in total. The van der Waals surface area contributed by atoms with Crippen LogP contribution in [0.1, 0.15) is 85.0 Å². The number of carbonyl (C=O) groups is 1. The van der Waals surface area contributed by atoms with E-state index in [9.17, 15) is 9.90 Å². The molecule has 0 saturated heterocycles. The first-order valence-electron chi connectivity index (χ1n) is 13.0. The minimum atomic E-state index is -0.666. The highest BCUT2D eigenvalue weighted by molar-refractivity contribution is 5.66. The molecule has 4 aliphatic carbocycles. The lowest BCUT2D eigenvalue weighted by atomic mass is 9.43. The van der Waals surface area contributed by atoms with Crippen LogP contribution in [-0.2, 0) is 4.79 Å². The third-order valence-corrected chi connectivity index (χ3v) is 10.8. The number of carboxylic acids is 1. The second kappa shape index (κ2) is 8.95. The molecule has 0 bridgehead atoms. The van der Waals surface area contributed by atoms with E-state index < -0.39 is 5.97 Å². The maximum absolute atomic E-state index is 11.4. The molecule has 4 saturated carbocycles. The van der Waals surface area contributed by atoms with Gasteiger partial charge in [-0.25, -0.2) is 0 Å². The van der Waals surface area contributed by atoms with Crippen LogP contribution in [0, 0.1) is 46.3 Å². The number of hydrogen-bond acceptors (Lipinski definition) is 4. The lowest BCUT2D eigenvalue weighted by molar-refractivity contribution is -0.162. The molecular weight excluding hydrogens is 388 g/mol. The molecule has 0 heterocycles. The molecule has 5 heteroatoms. The number of rotatable bonds is 7. The maximum Gasteiger partial charge on any atom is 0.303 e. The Kier molecular flexibility index (Phi) is 6.78. The van der Waals surface area contributed by atoms with E-state index in [4.69, 9.17) is 10.8 Å². The Balaban J connectivity index is 1.49. The fourth-order valence-corrected chi connectivity index (χ4v) is 9.30. The van der Waals surface area contributed by atoms with Gasteiger partial charge in [-0.05, 0) is 104 Å². The molecule has 31 heavy (non-hydrogen) atoms. The Morgan fingerprint density at radius 3 is 2.48 bits per heavy atom. The van der Waals surface area contributed by atoms with Crippen LogP contribution in [0.25, 0.3) is 0 Å². The van der Waals surface area contributed by atoms with Crippen LogP contribution in [0.15, 0.2) is 0 Å². The SMILES string of the molecule is CC(CCC(=O)O)C1CCC2C3CC(O)C4CC(NCCN)CCC4(C)C3CCC12C. The van der Waals surface area contributed by atoms with Gasteiger partial charge >= 0.3 is 5.97 Å². The van der Waals surface area contributed by atoms with Crippen molar-refractivity contribution in [2.75, 3.05) is 13.1 Å².